The Hall–Kier alpha value is -2.32. The maximum atomic E-state index is 12.1. The van der Waals surface area contributed by atoms with E-state index in [9.17, 15) is 18.0 Å². The van der Waals surface area contributed by atoms with E-state index >= 15 is 0 Å². The fraction of sp³-hybridized carbons (Fsp3) is 0.300. The van der Waals surface area contributed by atoms with Crippen molar-refractivity contribution in [3.8, 4) is 0 Å². The smallest absolute Gasteiger partial charge is 0.383 e. The zero-order valence-electron chi connectivity index (χ0n) is 9.82. The molecule has 0 radical (unpaired) electrons. The van der Waals surface area contributed by atoms with E-state index in [-0.39, 0.29) is 5.82 Å². The summed E-state index contributed by atoms with van der Waals surface area (Å²) in [6, 6.07) is 0. The Bertz CT molecular complexity index is 634. The van der Waals surface area contributed by atoms with Crippen LogP contribution in [0.4, 0.5) is 24.8 Å². The lowest BCUT2D eigenvalue weighted by atomic mass is 10.3. The molecule has 2 aromatic heterocycles. The molecule has 102 valence electrons. The summed E-state index contributed by atoms with van der Waals surface area (Å²) in [7, 11) is 0. The largest absolute Gasteiger partial charge is 0.471 e. The van der Waals surface area contributed by atoms with Gasteiger partial charge in [0.2, 0.25) is 0 Å². The second-order valence-electron chi connectivity index (χ2n) is 3.75. The number of halogens is 3. The number of nitrogens with one attached hydrogen (secondary N) is 1. The topological polar surface area (TPSA) is 85.3 Å². The quantitative estimate of drug-likeness (QED) is 0.865. The van der Waals surface area contributed by atoms with Gasteiger partial charge < -0.3 is 11.1 Å². The number of rotatable bonds is 2. The molecule has 0 aliphatic heterocycles. The van der Waals surface area contributed by atoms with Crippen LogP contribution in [0.25, 0.3) is 5.65 Å². The van der Waals surface area contributed by atoms with Crippen molar-refractivity contribution in [2.45, 2.75) is 19.5 Å². The number of aromatic nitrogens is 3. The van der Waals surface area contributed by atoms with E-state index in [1.807, 2.05) is 6.92 Å². The van der Waals surface area contributed by atoms with E-state index in [2.05, 4.69) is 9.97 Å². The normalized spacial score (nSPS) is 11.8. The monoisotopic (exact) mass is 273 g/mol. The molecule has 0 aromatic carbocycles. The number of anilines is 2. The number of carbonyl (C=O) groups is 1. The summed E-state index contributed by atoms with van der Waals surface area (Å²) in [6.45, 7) is 1.85. The fourth-order valence-electron chi connectivity index (χ4n) is 1.53. The second kappa shape index (κ2) is 4.41. The van der Waals surface area contributed by atoms with Gasteiger partial charge in [-0.2, -0.15) is 13.2 Å². The van der Waals surface area contributed by atoms with Gasteiger partial charge in [0, 0.05) is 0 Å². The fourth-order valence-corrected chi connectivity index (χ4v) is 1.53. The van der Waals surface area contributed by atoms with Crippen molar-refractivity contribution >= 4 is 23.2 Å². The summed E-state index contributed by atoms with van der Waals surface area (Å²) in [4.78, 5) is 18.6. The van der Waals surface area contributed by atoms with E-state index in [0.29, 0.717) is 23.6 Å². The summed E-state index contributed by atoms with van der Waals surface area (Å²) in [6.07, 6.45) is -1.95. The average Bonchev–Trinajstić information content (AvgIpc) is 2.65. The SMILES string of the molecule is CCc1nc2cnc(NC(=O)C(F)(F)F)cn2c1N. The number of aryl methyl sites for hydroxylation is 1. The maximum absolute atomic E-state index is 12.1. The Morgan fingerprint density at radius 3 is 2.79 bits per heavy atom. The standard InChI is InChI=1S/C10H10F3N5O/c1-2-5-8(14)18-4-6(15-3-7(18)16-5)17-9(19)10(11,12)13/h3-4H,2,14H2,1H3,(H,17,19). The molecule has 0 saturated carbocycles. The zero-order valence-corrected chi connectivity index (χ0v) is 9.82. The molecule has 0 unspecified atom stereocenters. The Morgan fingerprint density at radius 2 is 2.21 bits per heavy atom. The van der Waals surface area contributed by atoms with Gasteiger partial charge in [0.25, 0.3) is 0 Å². The maximum Gasteiger partial charge on any atom is 0.471 e. The van der Waals surface area contributed by atoms with Crippen molar-refractivity contribution in [2.75, 3.05) is 11.1 Å². The highest BCUT2D eigenvalue weighted by atomic mass is 19.4. The van der Waals surface area contributed by atoms with Crippen LogP contribution in [0, 0.1) is 0 Å². The average molecular weight is 273 g/mol. The third-order valence-electron chi connectivity index (χ3n) is 2.46. The first-order valence-electron chi connectivity index (χ1n) is 5.33. The highest BCUT2D eigenvalue weighted by molar-refractivity contribution is 5.94. The summed E-state index contributed by atoms with van der Waals surface area (Å²) in [5.74, 6) is -2.03. The number of nitrogens with zero attached hydrogens (tertiary/aromatic N) is 3. The van der Waals surface area contributed by atoms with Crippen LogP contribution in [0.5, 0.6) is 0 Å². The van der Waals surface area contributed by atoms with Crippen LogP contribution in [0.3, 0.4) is 0 Å². The number of hydrogen-bond acceptors (Lipinski definition) is 4. The number of amides is 1. The third-order valence-corrected chi connectivity index (χ3v) is 2.46. The van der Waals surface area contributed by atoms with Crippen molar-refractivity contribution in [1.29, 1.82) is 0 Å². The number of nitrogens with two attached hydrogens (primary N) is 1. The zero-order chi connectivity index (χ0) is 14.2. The molecule has 2 aromatic rings. The summed E-state index contributed by atoms with van der Waals surface area (Å²) >= 11 is 0. The van der Waals surface area contributed by atoms with Crippen LogP contribution < -0.4 is 11.1 Å². The summed E-state index contributed by atoms with van der Waals surface area (Å²) in [5.41, 5.74) is 6.79. The van der Waals surface area contributed by atoms with Crippen LogP contribution in [-0.4, -0.2) is 26.5 Å². The molecule has 0 fully saturated rings. The Labute approximate surface area is 105 Å². The molecule has 0 aliphatic rings. The van der Waals surface area contributed by atoms with E-state index in [0.717, 1.165) is 0 Å². The predicted molar refractivity (Wildman–Crippen MR) is 61.5 cm³/mol. The van der Waals surface area contributed by atoms with Crippen LogP contribution >= 0.6 is 0 Å². The molecule has 2 heterocycles. The van der Waals surface area contributed by atoms with Crippen LogP contribution in [0.15, 0.2) is 12.4 Å². The van der Waals surface area contributed by atoms with Gasteiger partial charge in [-0.15, -0.1) is 0 Å². The number of nitrogen functional groups attached to an aromatic ring is 1. The first-order valence-corrected chi connectivity index (χ1v) is 5.33. The minimum Gasteiger partial charge on any atom is -0.383 e. The van der Waals surface area contributed by atoms with Crippen LogP contribution in [-0.2, 0) is 11.2 Å². The lowest BCUT2D eigenvalue weighted by Gasteiger charge is -2.07. The highest BCUT2D eigenvalue weighted by Gasteiger charge is 2.39. The third kappa shape index (κ3) is 2.44. The molecular weight excluding hydrogens is 263 g/mol. The van der Waals surface area contributed by atoms with Gasteiger partial charge >= 0.3 is 12.1 Å². The first-order chi connectivity index (χ1) is 8.82. The van der Waals surface area contributed by atoms with Gasteiger partial charge in [-0.3, -0.25) is 9.20 Å². The van der Waals surface area contributed by atoms with Gasteiger partial charge in [0.05, 0.1) is 18.1 Å². The highest BCUT2D eigenvalue weighted by Crippen LogP contribution is 2.19. The second-order valence-corrected chi connectivity index (χ2v) is 3.75. The minimum atomic E-state index is -4.97. The van der Waals surface area contributed by atoms with Gasteiger partial charge in [-0.05, 0) is 6.42 Å². The summed E-state index contributed by atoms with van der Waals surface area (Å²) in [5, 5.41) is 1.65. The van der Waals surface area contributed by atoms with Crippen molar-refractivity contribution < 1.29 is 18.0 Å². The van der Waals surface area contributed by atoms with E-state index in [1.165, 1.54) is 16.8 Å². The summed E-state index contributed by atoms with van der Waals surface area (Å²) < 4.78 is 37.7. The Morgan fingerprint density at radius 1 is 1.53 bits per heavy atom. The molecule has 9 heteroatoms. The molecule has 2 rings (SSSR count). The number of fused-ring (bicyclic) bond motifs is 1. The van der Waals surface area contributed by atoms with Gasteiger partial charge in [0.1, 0.15) is 11.6 Å². The lowest BCUT2D eigenvalue weighted by molar-refractivity contribution is -0.167. The Balaban J connectivity index is 2.36. The van der Waals surface area contributed by atoms with Gasteiger partial charge in [-0.25, -0.2) is 9.97 Å². The van der Waals surface area contributed by atoms with Gasteiger partial charge in [-0.1, -0.05) is 6.92 Å². The first kappa shape index (κ1) is 13.1. The van der Waals surface area contributed by atoms with E-state index < -0.39 is 12.1 Å². The number of carbonyl (C=O) groups excluding carboxylic acids is 1. The van der Waals surface area contributed by atoms with Crippen LogP contribution in [0.2, 0.25) is 0 Å². The Kier molecular flexibility index (Phi) is 3.05. The van der Waals surface area contributed by atoms with Crippen molar-refractivity contribution in [3.63, 3.8) is 0 Å². The van der Waals surface area contributed by atoms with Crippen molar-refractivity contribution in [2.24, 2.45) is 0 Å². The van der Waals surface area contributed by atoms with Gasteiger partial charge in [0.15, 0.2) is 5.65 Å². The molecule has 0 atom stereocenters. The molecule has 0 aliphatic carbocycles. The molecule has 1 amide bonds. The molecule has 0 spiro atoms. The number of hydrogen-bond donors (Lipinski definition) is 2. The molecular formula is C10H10F3N5O. The molecule has 6 nitrogen and oxygen atoms in total. The van der Waals surface area contributed by atoms with Crippen LogP contribution in [0.1, 0.15) is 12.6 Å². The molecule has 0 bridgehead atoms. The molecule has 19 heavy (non-hydrogen) atoms. The molecule has 0 saturated heterocycles. The number of imidazole rings is 1. The molecule has 3 N–H and O–H groups in total. The number of alkyl halides is 3. The minimum absolute atomic E-state index is 0.249. The van der Waals surface area contributed by atoms with E-state index in [4.69, 9.17) is 5.73 Å². The van der Waals surface area contributed by atoms with Crippen molar-refractivity contribution in [3.05, 3.63) is 18.1 Å². The van der Waals surface area contributed by atoms with Crippen molar-refractivity contribution in [1.82, 2.24) is 14.4 Å². The lowest BCUT2D eigenvalue weighted by Crippen LogP contribution is -2.30. The van der Waals surface area contributed by atoms with E-state index in [1.54, 1.807) is 5.32 Å². The predicted octanol–water partition coefficient (Wildman–Crippen LogP) is 1.37.